The lowest BCUT2D eigenvalue weighted by molar-refractivity contribution is -0.121. The van der Waals surface area contributed by atoms with E-state index in [1.807, 2.05) is 30.3 Å². The number of para-hydroxylation sites is 1. The Balaban J connectivity index is 2.17. The fourth-order valence-electron chi connectivity index (χ4n) is 3.20. The highest BCUT2D eigenvalue weighted by molar-refractivity contribution is 5.95. The predicted molar refractivity (Wildman–Crippen MR) is 92.9 cm³/mol. The van der Waals surface area contributed by atoms with Crippen molar-refractivity contribution in [3.63, 3.8) is 0 Å². The van der Waals surface area contributed by atoms with Crippen LogP contribution in [0.3, 0.4) is 0 Å². The maximum Gasteiger partial charge on any atom is 0.241 e. The fourth-order valence-corrected chi connectivity index (χ4v) is 3.20. The van der Waals surface area contributed by atoms with Gasteiger partial charge in [-0.05, 0) is 50.7 Å². The Bertz CT molecular complexity index is 510. The number of carbonyl (C=O) groups is 1. The molecule has 122 valence electrons. The van der Waals surface area contributed by atoms with Gasteiger partial charge in [-0.3, -0.25) is 9.69 Å². The summed E-state index contributed by atoms with van der Waals surface area (Å²) < 4.78 is 0. The molecule has 1 unspecified atom stereocenters. The van der Waals surface area contributed by atoms with Crippen LogP contribution in [0.25, 0.3) is 0 Å². The Morgan fingerprint density at radius 1 is 1.09 bits per heavy atom. The molecule has 0 radical (unpaired) electrons. The average molecular weight is 302 g/mol. The summed E-state index contributed by atoms with van der Waals surface area (Å²) in [5.74, 6) is 0.658. The van der Waals surface area contributed by atoms with E-state index < -0.39 is 0 Å². The summed E-state index contributed by atoms with van der Waals surface area (Å²) in [5.41, 5.74) is 1.10. The van der Waals surface area contributed by atoms with Gasteiger partial charge in [0.25, 0.3) is 0 Å². The summed E-state index contributed by atoms with van der Waals surface area (Å²) in [6.45, 7) is 14.4. The highest BCUT2D eigenvalue weighted by atomic mass is 16.2. The third-order valence-corrected chi connectivity index (χ3v) is 4.73. The number of nitrogens with one attached hydrogen (secondary N) is 1. The molecule has 1 aliphatic rings. The van der Waals surface area contributed by atoms with Gasteiger partial charge in [0.05, 0.1) is 6.04 Å². The second-order valence-corrected chi connectivity index (χ2v) is 8.49. The summed E-state index contributed by atoms with van der Waals surface area (Å²) in [6.07, 6.45) is 0.930. The van der Waals surface area contributed by atoms with Crippen molar-refractivity contribution in [1.82, 2.24) is 4.90 Å². The van der Waals surface area contributed by atoms with E-state index in [-0.39, 0.29) is 22.9 Å². The minimum atomic E-state index is -0.0515. The standard InChI is InChI=1S/C19H30N2O/c1-18(2,3)14-12-16(21(13-14)19(4,5)6)17(22)20-15-10-8-7-9-11-15/h7-11,14,16H,12-13H2,1-6H3,(H,20,22)/t14?,16-/m0/s1. The van der Waals surface area contributed by atoms with E-state index >= 15 is 0 Å². The first kappa shape index (κ1) is 17.0. The summed E-state index contributed by atoms with van der Waals surface area (Å²) >= 11 is 0. The van der Waals surface area contributed by atoms with E-state index in [4.69, 9.17) is 0 Å². The maximum atomic E-state index is 12.8. The zero-order valence-corrected chi connectivity index (χ0v) is 14.8. The van der Waals surface area contributed by atoms with Crippen LogP contribution in [-0.2, 0) is 4.79 Å². The third-order valence-electron chi connectivity index (χ3n) is 4.73. The molecule has 0 bridgehead atoms. The lowest BCUT2D eigenvalue weighted by Crippen LogP contribution is -2.49. The number of hydrogen-bond donors (Lipinski definition) is 1. The van der Waals surface area contributed by atoms with E-state index in [0.717, 1.165) is 18.7 Å². The molecule has 1 aromatic carbocycles. The Labute approximate surface area is 135 Å². The molecule has 1 aliphatic heterocycles. The second-order valence-electron chi connectivity index (χ2n) is 8.49. The van der Waals surface area contributed by atoms with Gasteiger partial charge in [0, 0.05) is 17.8 Å². The Hall–Kier alpha value is -1.35. The molecule has 1 amide bonds. The molecule has 2 atom stereocenters. The largest absolute Gasteiger partial charge is 0.325 e. The lowest BCUT2D eigenvalue weighted by Gasteiger charge is -2.36. The molecule has 1 saturated heterocycles. The van der Waals surface area contributed by atoms with Gasteiger partial charge in [-0.25, -0.2) is 0 Å². The molecule has 2 rings (SSSR count). The highest BCUT2D eigenvalue weighted by Gasteiger charge is 2.45. The van der Waals surface area contributed by atoms with Crippen LogP contribution >= 0.6 is 0 Å². The fraction of sp³-hybridized carbons (Fsp3) is 0.632. The van der Waals surface area contributed by atoms with Crippen LogP contribution < -0.4 is 5.32 Å². The van der Waals surface area contributed by atoms with Crippen molar-refractivity contribution in [3.05, 3.63) is 30.3 Å². The van der Waals surface area contributed by atoms with Crippen molar-refractivity contribution < 1.29 is 4.79 Å². The van der Waals surface area contributed by atoms with Crippen molar-refractivity contribution in [2.24, 2.45) is 11.3 Å². The number of benzene rings is 1. The van der Waals surface area contributed by atoms with Crippen LogP contribution in [0.15, 0.2) is 30.3 Å². The van der Waals surface area contributed by atoms with Crippen LogP contribution in [0.2, 0.25) is 0 Å². The van der Waals surface area contributed by atoms with Gasteiger partial charge >= 0.3 is 0 Å². The summed E-state index contributed by atoms with van der Waals surface area (Å²) in [4.78, 5) is 15.2. The summed E-state index contributed by atoms with van der Waals surface area (Å²) in [7, 11) is 0. The number of rotatable bonds is 2. The predicted octanol–water partition coefficient (Wildman–Crippen LogP) is 4.16. The molecule has 3 nitrogen and oxygen atoms in total. The van der Waals surface area contributed by atoms with Crippen molar-refractivity contribution >= 4 is 11.6 Å². The summed E-state index contributed by atoms with van der Waals surface area (Å²) in [6, 6.07) is 9.69. The number of anilines is 1. The number of amides is 1. The number of nitrogens with zero attached hydrogens (tertiary/aromatic N) is 1. The van der Waals surface area contributed by atoms with E-state index in [1.165, 1.54) is 0 Å². The van der Waals surface area contributed by atoms with Gasteiger partial charge in [-0.2, -0.15) is 0 Å². The molecule has 0 aromatic heterocycles. The average Bonchev–Trinajstić information content (AvgIpc) is 2.84. The smallest absolute Gasteiger partial charge is 0.241 e. The first-order valence-electron chi connectivity index (χ1n) is 8.21. The molecule has 22 heavy (non-hydrogen) atoms. The van der Waals surface area contributed by atoms with E-state index in [2.05, 4.69) is 51.8 Å². The first-order chi connectivity index (χ1) is 10.1. The van der Waals surface area contributed by atoms with Gasteiger partial charge < -0.3 is 5.32 Å². The van der Waals surface area contributed by atoms with Gasteiger partial charge in [0.15, 0.2) is 0 Å². The van der Waals surface area contributed by atoms with Gasteiger partial charge in [-0.15, -0.1) is 0 Å². The number of likely N-dealkylation sites (tertiary alicyclic amines) is 1. The highest BCUT2D eigenvalue weighted by Crippen LogP contribution is 2.40. The van der Waals surface area contributed by atoms with Crippen molar-refractivity contribution in [2.75, 3.05) is 11.9 Å². The Morgan fingerprint density at radius 3 is 2.18 bits per heavy atom. The third kappa shape index (κ3) is 3.89. The molecule has 1 heterocycles. The topological polar surface area (TPSA) is 32.3 Å². The molecular weight excluding hydrogens is 272 g/mol. The Morgan fingerprint density at radius 2 is 1.68 bits per heavy atom. The molecule has 1 aromatic rings. The second kappa shape index (κ2) is 6.04. The molecule has 0 spiro atoms. The van der Waals surface area contributed by atoms with Crippen LogP contribution in [0.4, 0.5) is 5.69 Å². The molecule has 3 heteroatoms. The van der Waals surface area contributed by atoms with E-state index in [1.54, 1.807) is 0 Å². The molecule has 0 aliphatic carbocycles. The van der Waals surface area contributed by atoms with Gasteiger partial charge in [0.2, 0.25) is 5.91 Å². The van der Waals surface area contributed by atoms with Gasteiger partial charge in [-0.1, -0.05) is 39.0 Å². The van der Waals surface area contributed by atoms with E-state index in [0.29, 0.717) is 5.92 Å². The maximum absolute atomic E-state index is 12.8. The minimum Gasteiger partial charge on any atom is -0.325 e. The molecule has 0 saturated carbocycles. The van der Waals surface area contributed by atoms with Crippen LogP contribution in [-0.4, -0.2) is 28.9 Å². The zero-order chi connectivity index (χ0) is 16.5. The monoisotopic (exact) mass is 302 g/mol. The normalized spacial score (nSPS) is 23.5. The minimum absolute atomic E-state index is 0.00130. The number of hydrogen-bond acceptors (Lipinski definition) is 2. The summed E-state index contributed by atoms with van der Waals surface area (Å²) in [5, 5.41) is 3.08. The first-order valence-corrected chi connectivity index (χ1v) is 8.21. The lowest BCUT2D eigenvalue weighted by atomic mass is 9.79. The molecule has 1 N–H and O–H groups in total. The van der Waals surface area contributed by atoms with Crippen molar-refractivity contribution in [1.29, 1.82) is 0 Å². The SMILES string of the molecule is CC(C)(C)C1C[C@@H](C(=O)Nc2ccccc2)N(C(C)(C)C)C1. The number of carbonyl (C=O) groups excluding carboxylic acids is 1. The molecule has 1 fully saturated rings. The molecular formula is C19H30N2O. The van der Waals surface area contributed by atoms with E-state index in [9.17, 15) is 4.79 Å². The quantitative estimate of drug-likeness (QED) is 0.889. The zero-order valence-electron chi connectivity index (χ0n) is 14.8. The van der Waals surface area contributed by atoms with Crippen LogP contribution in [0.5, 0.6) is 0 Å². The van der Waals surface area contributed by atoms with Crippen molar-refractivity contribution in [3.8, 4) is 0 Å². The Kier molecular flexibility index (Phi) is 4.67. The van der Waals surface area contributed by atoms with Gasteiger partial charge in [0.1, 0.15) is 0 Å². The van der Waals surface area contributed by atoms with Crippen LogP contribution in [0, 0.1) is 11.3 Å². The van der Waals surface area contributed by atoms with Crippen LogP contribution in [0.1, 0.15) is 48.0 Å². The van der Waals surface area contributed by atoms with Crippen molar-refractivity contribution in [2.45, 2.75) is 59.5 Å².